The number of nitrogens with one attached hydrogen (secondary N) is 1. The van der Waals surface area contributed by atoms with Crippen LogP contribution in [-0.4, -0.2) is 26.1 Å². The van der Waals surface area contributed by atoms with Crippen LogP contribution in [0.3, 0.4) is 0 Å². The largest absolute Gasteiger partial charge is 0.545 e. The number of benzene rings is 3. The molecule has 0 spiro atoms. The van der Waals surface area contributed by atoms with Crippen LogP contribution in [0.15, 0.2) is 60.7 Å². The molecule has 1 heterocycles. The van der Waals surface area contributed by atoms with Crippen LogP contribution in [0, 0.1) is 6.92 Å². The van der Waals surface area contributed by atoms with E-state index in [9.17, 15) is 14.7 Å². The van der Waals surface area contributed by atoms with Crippen LogP contribution in [0.2, 0.25) is 0 Å². The fraction of sp³-hybridized carbons (Fsp3) is 0.167. The summed E-state index contributed by atoms with van der Waals surface area (Å²) in [6, 6.07) is 17.8. The van der Waals surface area contributed by atoms with E-state index in [1.165, 1.54) is 14.2 Å². The summed E-state index contributed by atoms with van der Waals surface area (Å²) in [5.74, 6) is -1.38. The summed E-state index contributed by atoms with van der Waals surface area (Å²) < 4.78 is 10.6. The van der Waals surface area contributed by atoms with E-state index in [1.807, 2.05) is 37.3 Å². The van der Waals surface area contributed by atoms with Crippen molar-refractivity contribution in [2.45, 2.75) is 13.1 Å². The summed E-state index contributed by atoms with van der Waals surface area (Å²) in [4.78, 5) is 27.2. The second kappa shape index (κ2) is 8.02. The third-order valence-corrected chi connectivity index (χ3v) is 5.28. The zero-order valence-corrected chi connectivity index (χ0v) is 17.3. The molecule has 3 aromatic rings. The van der Waals surface area contributed by atoms with Crippen molar-refractivity contribution >= 4 is 23.3 Å². The predicted octanol–water partition coefficient (Wildman–Crippen LogP) is 3.15. The van der Waals surface area contributed by atoms with Crippen LogP contribution in [0.25, 0.3) is 0 Å². The highest BCUT2D eigenvalue weighted by Gasteiger charge is 2.36. The Kier molecular flexibility index (Phi) is 5.25. The molecular formula is C24H21N2O5-. The summed E-state index contributed by atoms with van der Waals surface area (Å²) in [5, 5.41) is 15.5. The fourth-order valence-electron chi connectivity index (χ4n) is 3.90. The Morgan fingerprint density at radius 2 is 1.81 bits per heavy atom. The van der Waals surface area contributed by atoms with Crippen LogP contribution in [0.5, 0.6) is 11.5 Å². The second-order valence-electron chi connectivity index (χ2n) is 7.16. The number of carboxylic acids is 1. The van der Waals surface area contributed by atoms with E-state index >= 15 is 0 Å². The van der Waals surface area contributed by atoms with Crippen molar-refractivity contribution in [2.24, 2.45) is 0 Å². The molecule has 0 saturated carbocycles. The maximum absolute atomic E-state index is 13.5. The third kappa shape index (κ3) is 3.44. The first-order valence-corrected chi connectivity index (χ1v) is 9.68. The van der Waals surface area contributed by atoms with Gasteiger partial charge in [0.25, 0.3) is 5.91 Å². The Balaban J connectivity index is 1.97. The number of hydrogen-bond donors (Lipinski definition) is 1. The predicted molar refractivity (Wildman–Crippen MR) is 115 cm³/mol. The van der Waals surface area contributed by atoms with Crippen molar-refractivity contribution in [3.05, 3.63) is 82.9 Å². The first-order valence-electron chi connectivity index (χ1n) is 9.68. The number of aryl methyl sites for hydroxylation is 1. The maximum Gasteiger partial charge on any atom is 0.262 e. The molecule has 1 aliphatic heterocycles. The Morgan fingerprint density at radius 1 is 1.03 bits per heavy atom. The molecule has 3 aromatic carbocycles. The van der Waals surface area contributed by atoms with Gasteiger partial charge in [0.2, 0.25) is 0 Å². The molecule has 0 unspecified atom stereocenters. The number of carboxylic acid groups (broad SMARTS) is 1. The minimum Gasteiger partial charge on any atom is -0.545 e. The highest BCUT2D eigenvalue weighted by atomic mass is 16.5. The Bertz CT molecular complexity index is 1170. The van der Waals surface area contributed by atoms with Crippen LogP contribution >= 0.6 is 0 Å². The van der Waals surface area contributed by atoms with Crippen molar-refractivity contribution in [3.8, 4) is 11.5 Å². The fourth-order valence-corrected chi connectivity index (χ4v) is 3.90. The number of aromatic carboxylic acids is 1. The number of fused-ring (bicyclic) bond motifs is 1. The lowest BCUT2D eigenvalue weighted by Crippen LogP contribution is -2.44. The van der Waals surface area contributed by atoms with Gasteiger partial charge in [-0.15, -0.1) is 0 Å². The Hall–Kier alpha value is -4.00. The van der Waals surface area contributed by atoms with Gasteiger partial charge in [-0.3, -0.25) is 9.69 Å². The lowest BCUT2D eigenvalue weighted by Gasteiger charge is -2.39. The summed E-state index contributed by atoms with van der Waals surface area (Å²) in [6.07, 6.45) is -0.808. The van der Waals surface area contributed by atoms with Crippen LogP contribution in [0.4, 0.5) is 11.4 Å². The van der Waals surface area contributed by atoms with E-state index in [0.717, 1.165) is 5.56 Å². The molecule has 7 heteroatoms. The molecule has 0 fully saturated rings. The van der Waals surface area contributed by atoms with E-state index in [1.54, 1.807) is 35.2 Å². The van der Waals surface area contributed by atoms with Crippen molar-refractivity contribution in [3.63, 3.8) is 0 Å². The Morgan fingerprint density at radius 3 is 2.48 bits per heavy atom. The molecule has 1 N–H and O–H groups in total. The van der Waals surface area contributed by atoms with Gasteiger partial charge in [0.1, 0.15) is 6.17 Å². The number of amides is 1. The van der Waals surface area contributed by atoms with Crippen LogP contribution in [0.1, 0.15) is 38.0 Å². The lowest BCUT2D eigenvalue weighted by atomic mass is 9.97. The molecule has 7 nitrogen and oxygen atoms in total. The minimum atomic E-state index is -1.43. The van der Waals surface area contributed by atoms with E-state index in [0.29, 0.717) is 22.5 Å². The number of carbonyl (C=O) groups excluding carboxylic acids is 2. The molecule has 31 heavy (non-hydrogen) atoms. The number of anilines is 2. The van der Waals surface area contributed by atoms with Gasteiger partial charge in [-0.1, -0.05) is 30.3 Å². The maximum atomic E-state index is 13.5. The third-order valence-electron chi connectivity index (χ3n) is 5.28. The van der Waals surface area contributed by atoms with Crippen molar-refractivity contribution in [1.29, 1.82) is 0 Å². The van der Waals surface area contributed by atoms with Gasteiger partial charge in [0, 0.05) is 16.9 Å². The summed E-state index contributed by atoms with van der Waals surface area (Å²) >= 11 is 0. The highest BCUT2D eigenvalue weighted by Crippen LogP contribution is 2.42. The number of para-hydroxylation sites is 1. The molecule has 1 atom stereocenters. The highest BCUT2D eigenvalue weighted by molar-refractivity contribution is 6.12. The van der Waals surface area contributed by atoms with Gasteiger partial charge in [-0.25, -0.2) is 0 Å². The zero-order valence-electron chi connectivity index (χ0n) is 17.3. The van der Waals surface area contributed by atoms with E-state index in [2.05, 4.69) is 5.32 Å². The van der Waals surface area contributed by atoms with Gasteiger partial charge in [0.05, 0.1) is 31.3 Å². The molecule has 0 bridgehead atoms. The molecule has 4 rings (SSSR count). The smallest absolute Gasteiger partial charge is 0.262 e. The molecule has 0 aliphatic carbocycles. The molecule has 158 valence electrons. The molecule has 0 saturated heterocycles. The van der Waals surface area contributed by atoms with Crippen molar-refractivity contribution < 1.29 is 24.2 Å². The van der Waals surface area contributed by atoms with Gasteiger partial charge in [0.15, 0.2) is 11.5 Å². The van der Waals surface area contributed by atoms with Crippen LogP contribution < -0.4 is 24.8 Å². The Labute approximate surface area is 179 Å². The SMILES string of the molecule is COc1ccc([C@H]2Nc3ccccc3C(=O)N2c2cccc(C)c2)c(C(=O)[O-])c1OC. The number of ether oxygens (including phenoxy) is 2. The number of hydrogen-bond acceptors (Lipinski definition) is 6. The number of methoxy groups -OCH3 is 2. The van der Waals surface area contributed by atoms with Gasteiger partial charge < -0.3 is 24.7 Å². The number of carbonyl (C=O) groups is 2. The van der Waals surface area contributed by atoms with Gasteiger partial charge in [-0.2, -0.15) is 0 Å². The standard InChI is InChI=1S/C24H22N2O5/c1-14-7-6-8-15(13-14)26-22(25-18-10-5-4-9-16(18)23(26)27)17-11-12-19(30-2)21(31-3)20(17)24(28)29/h4-13,22,25H,1-3H3,(H,28,29)/p-1/t22-/m0/s1. The topological polar surface area (TPSA) is 90.9 Å². The van der Waals surface area contributed by atoms with Gasteiger partial charge >= 0.3 is 0 Å². The molecule has 1 amide bonds. The first kappa shape index (κ1) is 20.3. The van der Waals surface area contributed by atoms with Crippen molar-refractivity contribution in [1.82, 2.24) is 0 Å². The summed E-state index contributed by atoms with van der Waals surface area (Å²) in [5.41, 5.74) is 2.86. The second-order valence-corrected chi connectivity index (χ2v) is 7.16. The normalized spacial score (nSPS) is 15.1. The van der Waals surface area contributed by atoms with E-state index in [4.69, 9.17) is 9.47 Å². The zero-order chi connectivity index (χ0) is 22.1. The average Bonchev–Trinajstić information content (AvgIpc) is 2.77. The minimum absolute atomic E-state index is 0.0392. The quantitative estimate of drug-likeness (QED) is 0.686. The van der Waals surface area contributed by atoms with Gasteiger partial charge in [-0.05, 0) is 42.8 Å². The van der Waals surface area contributed by atoms with E-state index in [-0.39, 0.29) is 23.0 Å². The number of nitrogens with zero attached hydrogens (tertiary/aromatic N) is 1. The molecule has 0 radical (unpaired) electrons. The van der Waals surface area contributed by atoms with E-state index < -0.39 is 12.1 Å². The molecule has 0 aromatic heterocycles. The molecular weight excluding hydrogens is 396 g/mol. The summed E-state index contributed by atoms with van der Waals surface area (Å²) in [6.45, 7) is 1.93. The first-order chi connectivity index (χ1) is 15.0. The summed E-state index contributed by atoms with van der Waals surface area (Å²) in [7, 11) is 2.79. The average molecular weight is 417 g/mol. The monoisotopic (exact) mass is 417 g/mol. The van der Waals surface area contributed by atoms with Crippen molar-refractivity contribution in [2.75, 3.05) is 24.4 Å². The molecule has 1 aliphatic rings. The number of rotatable bonds is 5. The van der Waals surface area contributed by atoms with Crippen LogP contribution in [-0.2, 0) is 0 Å². The lowest BCUT2D eigenvalue weighted by molar-refractivity contribution is -0.255.